The van der Waals surface area contributed by atoms with E-state index >= 15 is 0 Å². The van der Waals surface area contributed by atoms with Crippen molar-refractivity contribution in [3.05, 3.63) is 25.3 Å². The van der Waals surface area contributed by atoms with Gasteiger partial charge in [-0.2, -0.15) is 0 Å². The predicted molar refractivity (Wildman–Crippen MR) is 73.6 cm³/mol. The molecule has 0 aromatic heterocycles. The van der Waals surface area contributed by atoms with Gasteiger partial charge in [0.05, 0.1) is 12.1 Å². The summed E-state index contributed by atoms with van der Waals surface area (Å²) in [6.45, 7) is 8.38. The van der Waals surface area contributed by atoms with Crippen molar-refractivity contribution < 1.29 is 9.53 Å². The summed E-state index contributed by atoms with van der Waals surface area (Å²) in [5, 5.41) is 3.06. The molecular formula is C14H24N2O2. The van der Waals surface area contributed by atoms with E-state index in [1.165, 1.54) is 6.42 Å². The number of methoxy groups -OCH3 is 1. The lowest BCUT2D eigenvalue weighted by molar-refractivity contribution is 0.0435. The van der Waals surface area contributed by atoms with Gasteiger partial charge in [-0.05, 0) is 12.8 Å². The second-order valence-electron chi connectivity index (χ2n) is 4.60. The molecule has 0 unspecified atom stereocenters. The molecule has 1 N–H and O–H groups in total. The zero-order valence-electron chi connectivity index (χ0n) is 11.2. The van der Waals surface area contributed by atoms with Gasteiger partial charge in [-0.3, -0.25) is 0 Å². The van der Waals surface area contributed by atoms with Crippen molar-refractivity contribution in [2.75, 3.05) is 20.2 Å². The average molecular weight is 252 g/mol. The molecule has 0 radical (unpaired) electrons. The molecule has 1 fully saturated rings. The molecule has 0 aliphatic heterocycles. The maximum absolute atomic E-state index is 12.1. The normalized spacial score (nSPS) is 23.2. The molecule has 0 aromatic rings. The van der Waals surface area contributed by atoms with Crippen molar-refractivity contribution in [3.63, 3.8) is 0 Å². The molecule has 1 rings (SSSR count). The zero-order valence-corrected chi connectivity index (χ0v) is 11.2. The number of amides is 2. The van der Waals surface area contributed by atoms with Crippen LogP contribution in [0.2, 0.25) is 0 Å². The molecule has 0 aromatic carbocycles. The molecule has 2 atom stereocenters. The topological polar surface area (TPSA) is 41.6 Å². The SMILES string of the molecule is C=CCN(CC=C)C(=O)N[C@@H]1CCCC[C@@H]1OC. The molecule has 0 heterocycles. The van der Waals surface area contributed by atoms with Crippen LogP contribution in [0, 0.1) is 0 Å². The van der Waals surface area contributed by atoms with Gasteiger partial charge in [0.25, 0.3) is 0 Å². The minimum Gasteiger partial charge on any atom is -0.379 e. The number of carbonyl (C=O) groups is 1. The van der Waals surface area contributed by atoms with E-state index in [2.05, 4.69) is 18.5 Å². The van der Waals surface area contributed by atoms with E-state index in [0.717, 1.165) is 19.3 Å². The van der Waals surface area contributed by atoms with Crippen molar-refractivity contribution >= 4 is 6.03 Å². The summed E-state index contributed by atoms with van der Waals surface area (Å²) in [5.74, 6) is 0. The molecule has 0 bridgehead atoms. The lowest BCUT2D eigenvalue weighted by Gasteiger charge is -2.32. The summed E-state index contributed by atoms with van der Waals surface area (Å²) < 4.78 is 5.43. The molecule has 18 heavy (non-hydrogen) atoms. The quantitative estimate of drug-likeness (QED) is 0.737. The van der Waals surface area contributed by atoms with Gasteiger partial charge in [-0.1, -0.05) is 25.0 Å². The van der Waals surface area contributed by atoms with Gasteiger partial charge >= 0.3 is 6.03 Å². The third-order valence-electron chi connectivity index (χ3n) is 3.30. The summed E-state index contributed by atoms with van der Waals surface area (Å²) >= 11 is 0. The summed E-state index contributed by atoms with van der Waals surface area (Å²) in [6, 6.07) is 0.0529. The molecule has 0 spiro atoms. The van der Waals surface area contributed by atoms with Gasteiger partial charge in [-0.25, -0.2) is 4.79 Å². The number of urea groups is 1. The number of nitrogens with zero attached hydrogens (tertiary/aromatic N) is 1. The Balaban J connectivity index is 2.54. The second-order valence-corrected chi connectivity index (χ2v) is 4.60. The van der Waals surface area contributed by atoms with E-state index in [0.29, 0.717) is 13.1 Å². The fourth-order valence-electron chi connectivity index (χ4n) is 2.35. The van der Waals surface area contributed by atoms with E-state index < -0.39 is 0 Å². The minimum atomic E-state index is -0.0660. The molecule has 4 heteroatoms. The Bertz CT molecular complexity index is 282. The molecule has 1 aliphatic rings. The monoisotopic (exact) mass is 252 g/mol. The highest BCUT2D eigenvalue weighted by Crippen LogP contribution is 2.20. The van der Waals surface area contributed by atoms with E-state index in [1.54, 1.807) is 24.2 Å². The van der Waals surface area contributed by atoms with E-state index in [-0.39, 0.29) is 18.2 Å². The molecule has 1 saturated carbocycles. The number of rotatable bonds is 6. The van der Waals surface area contributed by atoms with Crippen molar-refractivity contribution in [2.24, 2.45) is 0 Å². The van der Waals surface area contributed by atoms with Gasteiger partial charge in [0.15, 0.2) is 0 Å². The molecule has 2 amide bonds. The third kappa shape index (κ3) is 4.18. The van der Waals surface area contributed by atoms with Crippen LogP contribution in [0.5, 0.6) is 0 Å². The average Bonchev–Trinajstić information content (AvgIpc) is 2.39. The van der Waals surface area contributed by atoms with Crippen LogP contribution in [0.15, 0.2) is 25.3 Å². The fraction of sp³-hybridized carbons (Fsp3) is 0.643. The van der Waals surface area contributed by atoms with Crippen LogP contribution in [0.1, 0.15) is 25.7 Å². The lowest BCUT2D eigenvalue weighted by atomic mass is 9.92. The first-order valence-electron chi connectivity index (χ1n) is 6.53. The number of nitrogens with one attached hydrogen (secondary N) is 1. The van der Waals surface area contributed by atoms with Gasteiger partial charge in [0, 0.05) is 20.2 Å². The Kier molecular flexibility index (Phi) is 6.50. The third-order valence-corrected chi connectivity index (χ3v) is 3.30. The molecule has 102 valence electrons. The fourth-order valence-corrected chi connectivity index (χ4v) is 2.35. The van der Waals surface area contributed by atoms with Crippen LogP contribution >= 0.6 is 0 Å². The highest BCUT2D eigenvalue weighted by atomic mass is 16.5. The summed E-state index contributed by atoms with van der Waals surface area (Å²) in [7, 11) is 1.71. The molecule has 4 nitrogen and oxygen atoms in total. The van der Waals surface area contributed by atoms with Crippen molar-refractivity contribution in [1.29, 1.82) is 0 Å². The van der Waals surface area contributed by atoms with E-state index in [9.17, 15) is 4.79 Å². The maximum Gasteiger partial charge on any atom is 0.318 e. The van der Waals surface area contributed by atoms with Crippen molar-refractivity contribution in [1.82, 2.24) is 10.2 Å². The van der Waals surface area contributed by atoms with E-state index in [1.807, 2.05) is 0 Å². The summed E-state index contributed by atoms with van der Waals surface area (Å²) in [6.07, 6.45) is 7.90. The Labute approximate surface area is 110 Å². The maximum atomic E-state index is 12.1. The number of ether oxygens (including phenoxy) is 1. The van der Waals surface area contributed by atoms with Gasteiger partial charge in [0.1, 0.15) is 0 Å². The summed E-state index contributed by atoms with van der Waals surface area (Å²) in [4.78, 5) is 13.8. The molecule has 0 saturated heterocycles. The Hall–Kier alpha value is -1.29. The lowest BCUT2D eigenvalue weighted by Crippen LogP contribution is -2.51. The highest BCUT2D eigenvalue weighted by molar-refractivity contribution is 5.75. The smallest absolute Gasteiger partial charge is 0.318 e. The Morgan fingerprint density at radius 3 is 2.50 bits per heavy atom. The van der Waals surface area contributed by atoms with Gasteiger partial charge < -0.3 is 15.0 Å². The van der Waals surface area contributed by atoms with Crippen molar-refractivity contribution in [3.8, 4) is 0 Å². The zero-order chi connectivity index (χ0) is 13.4. The molecular weight excluding hydrogens is 228 g/mol. The Morgan fingerprint density at radius 1 is 1.33 bits per heavy atom. The largest absolute Gasteiger partial charge is 0.379 e. The van der Waals surface area contributed by atoms with Crippen LogP contribution in [-0.4, -0.2) is 43.3 Å². The van der Waals surface area contributed by atoms with Gasteiger partial charge in [0.2, 0.25) is 0 Å². The van der Waals surface area contributed by atoms with Gasteiger partial charge in [-0.15, -0.1) is 13.2 Å². The second kappa shape index (κ2) is 7.93. The van der Waals surface area contributed by atoms with Crippen LogP contribution in [0.3, 0.4) is 0 Å². The first-order valence-corrected chi connectivity index (χ1v) is 6.53. The van der Waals surface area contributed by atoms with Crippen molar-refractivity contribution in [2.45, 2.75) is 37.8 Å². The predicted octanol–water partition coefficient (Wildman–Crippen LogP) is 2.33. The first kappa shape index (κ1) is 14.8. The van der Waals surface area contributed by atoms with Crippen LogP contribution in [0.25, 0.3) is 0 Å². The standard InChI is InChI=1S/C14H24N2O2/c1-4-10-16(11-5-2)14(17)15-12-8-6-7-9-13(12)18-3/h4-5,12-13H,1-2,6-11H2,3H3,(H,15,17)/t12-,13+/m1/s1. The first-order chi connectivity index (χ1) is 8.72. The highest BCUT2D eigenvalue weighted by Gasteiger charge is 2.27. The molecule has 1 aliphatic carbocycles. The van der Waals surface area contributed by atoms with Crippen LogP contribution in [-0.2, 0) is 4.74 Å². The number of hydrogen-bond donors (Lipinski definition) is 1. The number of carbonyl (C=O) groups excluding carboxylic acids is 1. The van der Waals surface area contributed by atoms with Crippen LogP contribution < -0.4 is 5.32 Å². The Morgan fingerprint density at radius 2 is 1.94 bits per heavy atom. The van der Waals surface area contributed by atoms with E-state index in [4.69, 9.17) is 4.74 Å². The number of hydrogen-bond acceptors (Lipinski definition) is 2. The minimum absolute atomic E-state index is 0.0660. The van der Waals surface area contributed by atoms with Crippen LogP contribution in [0.4, 0.5) is 4.79 Å². The summed E-state index contributed by atoms with van der Waals surface area (Å²) in [5.41, 5.74) is 0.